The van der Waals surface area contributed by atoms with E-state index in [1.54, 1.807) is 0 Å². The third-order valence-corrected chi connectivity index (χ3v) is 5.58. The van der Waals surface area contributed by atoms with Crippen LogP contribution in [0.25, 0.3) is 11.1 Å². The summed E-state index contributed by atoms with van der Waals surface area (Å²) in [7, 11) is 0. The molecule has 1 nitrogen and oxygen atoms in total. The molecule has 2 bridgehead atoms. The van der Waals surface area contributed by atoms with Crippen LogP contribution in [0.2, 0.25) is 5.02 Å². The van der Waals surface area contributed by atoms with Gasteiger partial charge in [0, 0.05) is 5.02 Å². The first kappa shape index (κ1) is 13.4. The molecule has 0 amide bonds. The highest BCUT2D eigenvalue weighted by atomic mass is 35.5. The Morgan fingerprint density at radius 1 is 1.05 bits per heavy atom. The smallest absolute Gasteiger partial charge is 0.0933 e. The van der Waals surface area contributed by atoms with Crippen LogP contribution in [-0.4, -0.2) is 5.11 Å². The predicted octanol–water partition coefficient (Wildman–Crippen LogP) is 5.01. The van der Waals surface area contributed by atoms with Crippen LogP contribution in [0.5, 0.6) is 0 Å². The molecule has 0 saturated heterocycles. The first-order valence-corrected chi connectivity index (χ1v) is 8.12. The molecule has 0 radical (unpaired) electrons. The van der Waals surface area contributed by atoms with Gasteiger partial charge in [0.05, 0.1) is 5.60 Å². The van der Waals surface area contributed by atoms with E-state index in [-0.39, 0.29) is 0 Å². The Balaban J connectivity index is 1.84. The first-order chi connectivity index (χ1) is 10.2. The molecule has 4 rings (SSSR count). The van der Waals surface area contributed by atoms with Gasteiger partial charge in [-0.15, -0.1) is 0 Å². The quantitative estimate of drug-likeness (QED) is 0.826. The van der Waals surface area contributed by atoms with Crippen molar-refractivity contribution in [2.75, 3.05) is 0 Å². The van der Waals surface area contributed by atoms with Crippen molar-refractivity contribution in [1.82, 2.24) is 0 Å². The molecule has 2 aromatic rings. The van der Waals surface area contributed by atoms with Crippen molar-refractivity contribution in [2.45, 2.75) is 31.3 Å². The normalized spacial score (nSPS) is 30.8. The molecule has 2 aliphatic carbocycles. The van der Waals surface area contributed by atoms with Crippen LogP contribution in [0.1, 0.15) is 31.2 Å². The molecule has 3 unspecified atom stereocenters. The molecule has 0 spiro atoms. The third-order valence-electron chi connectivity index (χ3n) is 5.35. The summed E-state index contributed by atoms with van der Waals surface area (Å²) in [6.07, 6.45) is 4.53. The molecule has 2 aliphatic rings. The minimum atomic E-state index is -0.651. The predicted molar refractivity (Wildman–Crippen MR) is 86.2 cm³/mol. The summed E-state index contributed by atoms with van der Waals surface area (Å²) < 4.78 is 0. The van der Waals surface area contributed by atoms with E-state index < -0.39 is 5.60 Å². The fourth-order valence-corrected chi connectivity index (χ4v) is 4.59. The molecule has 2 aromatic carbocycles. The summed E-state index contributed by atoms with van der Waals surface area (Å²) in [5.74, 6) is 1.12. The van der Waals surface area contributed by atoms with E-state index in [4.69, 9.17) is 11.6 Å². The molecule has 2 heteroatoms. The van der Waals surface area contributed by atoms with Crippen molar-refractivity contribution in [3.05, 3.63) is 59.1 Å². The Bertz CT molecular complexity index is 681. The molecular formula is C19H19ClO. The summed E-state index contributed by atoms with van der Waals surface area (Å²) in [5.41, 5.74) is 2.64. The van der Waals surface area contributed by atoms with Gasteiger partial charge in [-0.3, -0.25) is 0 Å². The zero-order chi connectivity index (χ0) is 14.4. The zero-order valence-corrected chi connectivity index (χ0v) is 12.7. The number of fused-ring (bicyclic) bond motifs is 2. The van der Waals surface area contributed by atoms with E-state index >= 15 is 0 Å². The zero-order valence-electron chi connectivity index (χ0n) is 11.9. The van der Waals surface area contributed by atoms with E-state index in [2.05, 4.69) is 18.2 Å². The third kappa shape index (κ3) is 2.11. The highest BCUT2D eigenvalue weighted by Crippen LogP contribution is 2.56. The molecule has 108 valence electrons. The van der Waals surface area contributed by atoms with Crippen LogP contribution in [0, 0.1) is 11.8 Å². The van der Waals surface area contributed by atoms with E-state index in [0.29, 0.717) is 11.8 Å². The number of hydrogen-bond donors (Lipinski definition) is 1. The molecule has 21 heavy (non-hydrogen) atoms. The molecule has 2 saturated carbocycles. The summed E-state index contributed by atoms with van der Waals surface area (Å²) in [6.45, 7) is 0. The molecule has 0 heterocycles. The van der Waals surface area contributed by atoms with Crippen molar-refractivity contribution in [1.29, 1.82) is 0 Å². The summed E-state index contributed by atoms with van der Waals surface area (Å²) in [4.78, 5) is 0. The van der Waals surface area contributed by atoms with Crippen LogP contribution < -0.4 is 0 Å². The maximum absolute atomic E-state index is 11.3. The van der Waals surface area contributed by atoms with Crippen molar-refractivity contribution >= 4 is 11.6 Å². The van der Waals surface area contributed by atoms with Gasteiger partial charge in [0.25, 0.3) is 0 Å². The van der Waals surface area contributed by atoms with Crippen molar-refractivity contribution in [3.8, 4) is 11.1 Å². The van der Waals surface area contributed by atoms with Gasteiger partial charge in [-0.25, -0.2) is 0 Å². The molecular weight excluding hydrogens is 280 g/mol. The second-order valence-electron chi connectivity index (χ2n) is 6.56. The van der Waals surface area contributed by atoms with Gasteiger partial charge in [-0.2, -0.15) is 0 Å². The van der Waals surface area contributed by atoms with Crippen LogP contribution >= 0.6 is 11.6 Å². The van der Waals surface area contributed by atoms with E-state index in [1.807, 2.05) is 30.3 Å². The minimum Gasteiger partial charge on any atom is -0.385 e. The second kappa shape index (κ2) is 4.86. The molecule has 2 fully saturated rings. The van der Waals surface area contributed by atoms with Crippen molar-refractivity contribution in [3.63, 3.8) is 0 Å². The SMILES string of the molecule is OC1(c2ccccc2-c2cccc(Cl)c2)CC2CCC1C2. The average Bonchev–Trinajstić information content (AvgIpc) is 3.08. The topological polar surface area (TPSA) is 20.2 Å². The maximum atomic E-state index is 11.3. The summed E-state index contributed by atoms with van der Waals surface area (Å²) in [6, 6.07) is 16.2. The van der Waals surface area contributed by atoms with Crippen LogP contribution in [0.3, 0.4) is 0 Å². The van der Waals surface area contributed by atoms with Gasteiger partial charge in [0.1, 0.15) is 0 Å². The van der Waals surface area contributed by atoms with Gasteiger partial charge in [0.15, 0.2) is 0 Å². The standard InChI is InChI=1S/C19H19ClO/c20-16-5-3-4-14(11-16)17-6-1-2-7-18(17)19(21)12-13-8-9-15(19)10-13/h1-7,11,13,15,21H,8-10,12H2. The minimum absolute atomic E-state index is 0.419. The highest BCUT2D eigenvalue weighted by Gasteiger charge is 2.51. The number of rotatable bonds is 2. The highest BCUT2D eigenvalue weighted by molar-refractivity contribution is 6.30. The van der Waals surface area contributed by atoms with E-state index in [0.717, 1.165) is 34.6 Å². The Kier molecular flexibility index (Phi) is 3.09. The fraction of sp³-hybridized carbons (Fsp3) is 0.368. The Hall–Kier alpha value is -1.31. The van der Waals surface area contributed by atoms with E-state index in [9.17, 15) is 5.11 Å². The first-order valence-electron chi connectivity index (χ1n) is 7.74. The number of halogens is 1. The molecule has 0 aromatic heterocycles. The van der Waals surface area contributed by atoms with Crippen molar-refractivity contribution in [2.24, 2.45) is 11.8 Å². The largest absolute Gasteiger partial charge is 0.385 e. The lowest BCUT2D eigenvalue weighted by atomic mass is 9.76. The monoisotopic (exact) mass is 298 g/mol. The Labute approximate surface area is 130 Å². The van der Waals surface area contributed by atoms with Gasteiger partial charge in [-0.1, -0.05) is 48.0 Å². The summed E-state index contributed by atoms with van der Waals surface area (Å²) >= 11 is 6.14. The lowest BCUT2D eigenvalue weighted by Gasteiger charge is -2.34. The molecule has 1 N–H and O–H groups in total. The molecule has 0 aliphatic heterocycles. The number of hydrogen-bond acceptors (Lipinski definition) is 1. The number of benzene rings is 2. The average molecular weight is 299 g/mol. The number of aliphatic hydroxyl groups is 1. The van der Waals surface area contributed by atoms with Crippen LogP contribution in [-0.2, 0) is 5.60 Å². The molecule has 3 atom stereocenters. The van der Waals surface area contributed by atoms with Crippen LogP contribution in [0.15, 0.2) is 48.5 Å². The second-order valence-corrected chi connectivity index (χ2v) is 7.00. The lowest BCUT2D eigenvalue weighted by molar-refractivity contribution is -0.0177. The van der Waals surface area contributed by atoms with Gasteiger partial charge >= 0.3 is 0 Å². The maximum Gasteiger partial charge on any atom is 0.0933 e. The fourth-order valence-electron chi connectivity index (χ4n) is 4.40. The Morgan fingerprint density at radius 2 is 1.90 bits per heavy atom. The van der Waals surface area contributed by atoms with Gasteiger partial charge in [-0.05, 0) is 66.3 Å². The van der Waals surface area contributed by atoms with Crippen LogP contribution in [0.4, 0.5) is 0 Å². The lowest BCUT2D eigenvalue weighted by Crippen LogP contribution is -2.32. The Morgan fingerprint density at radius 3 is 2.62 bits per heavy atom. The van der Waals surface area contributed by atoms with Crippen molar-refractivity contribution < 1.29 is 5.11 Å². The van der Waals surface area contributed by atoms with Gasteiger partial charge in [0.2, 0.25) is 0 Å². The summed E-state index contributed by atoms with van der Waals surface area (Å²) in [5, 5.41) is 12.1. The van der Waals surface area contributed by atoms with E-state index in [1.165, 1.54) is 12.8 Å². The van der Waals surface area contributed by atoms with Gasteiger partial charge < -0.3 is 5.11 Å².